The van der Waals surface area contributed by atoms with Gasteiger partial charge in [0.05, 0.1) is 25.6 Å². The summed E-state index contributed by atoms with van der Waals surface area (Å²) in [6.07, 6.45) is -1.75. The number of nitrogens with zero attached hydrogens (tertiary/aromatic N) is 2. The Hall–Kier alpha value is -3.69. The van der Waals surface area contributed by atoms with Gasteiger partial charge in [-0.3, -0.25) is 4.79 Å². The summed E-state index contributed by atoms with van der Waals surface area (Å²) in [5, 5.41) is 0. The zero-order chi connectivity index (χ0) is 22.4. The lowest BCUT2D eigenvalue weighted by Crippen LogP contribution is -2.13. The minimum Gasteiger partial charge on any atom is -0.492 e. The Morgan fingerprint density at radius 2 is 1.68 bits per heavy atom. The lowest BCUT2D eigenvalue weighted by Gasteiger charge is -2.13. The Morgan fingerprint density at radius 3 is 2.29 bits per heavy atom. The number of benzene rings is 1. The van der Waals surface area contributed by atoms with Crippen LogP contribution in [-0.2, 0) is 6.18 Å². The van der Waals surface area contributed by atoms with Gasteiger partial charge in [-0.2, -0.15) is 13.2 Å². The van der Waals surface area contributed by atoms with E-state index in [2.05, 4.69) is 9.97 Å². The van der Waals surface area contributed by atoms with E-state index < -0.39 is 23.6 Å². The van der Waals surface area contributed by atoms with Gasteiger partial charge in [-0.1, -0.05) is 12.1 Å². The molecule has 0 atom stereocenters. The van der Waals surface area contributed by atoms with Crippen LogP contribution in [0.5, 0.6) is 11.5 Å². The van der Waals surface area contributed by atoms with E-state index in [0.717, 1.165) is 12.3 Å². The highest BCUT2D eigenvalue weighted by molar-refractivity contribution is 5.92. The van der Waals surface area contributed by atoms with Gasteiger partial charge in [0.25, 0.3) is 5.91 Å². The van der Waals surface area contributed by atoms with Crippen LogP contribution in [0.15, 0.2) is 54.9 Å². The minimum atomic E-state index is -4.51. The van der Waals surface area contributed by atoms with Crippen molar-refractivity contribution in [2.75, 3.05) is 13.2 Å². The molecule has 1 amide bonds. The Morgan fingerprint density at radius 1 is 0.968 bits per heavy atom. The molecule has 2 N–H and O–H groups in total. The maximum absolute atomic E-state index is 13.2. The summed E-state index contributed by atoms with van der Waals surface area (Å²) in [4.78, 5) is 18.7. The first kappa shape index (κ1) is 22.0. The SMILES string of the molecule is NC(=O)c1cc(-c2ccc(F)cc2)c(OCCCOc2ccc(C(F)(F)F)nc2)cn1. The van der Waals surface area contributed by atoms with E-state index in [4.69, 9.17) is 15.2 Å². The Bertz CT molecular complexity index is 1040. The average Bonchev–Trinajstić information content (AvgIpc) is 2.74. The fraction of sp³-hybridized carbons (Fsp3) is 0.190. The number of halogens is 4. The first-order chi connectivity index (χ1) is 14.7. The number of carbonyl (C=O) groups is 1. The predicted octanol–water partition coefficient (Wildman–Crippen LogP) is 4.25. The largest absolute Gasteiger partial charge is 0.492 e. The summed E-state index contributed by atoms with van der Waals surface area (Å²) in [7, 11) is 0. The number of hydrogen-bond donors (Lipinski definition) is 1. The van der Waals surface area contributed by atoms with Crippen molar-refractivity contribution in [1.82, 2.24) is 9.97 Å². The molecule has 0 aliphatic heterocycles. The van der Waals surface area contributed by atoms with Gasteiger partial charge in [-0.25, -0.2) is 14.4 Å². The Balaban J connectivity index is 1.60. The van der Waals surface area contributed by atoms with Crippen LogP contribution in [0.3, 0.4) is 0 Å². The maximum atomic E-state index is 13.2. The molecule has 0 aliphatic carbocycles. The monoisotopic (exact) mass is 435 g/mol. The van der Waals surface area contributed by atoms with E-state index in [1.165, 1.54) is 42.6 Å². The van der Waals surface area contributed by atoms with Gasteiger partial charge in [-0.15, -0.1) is 0 Å². The first-order valence-corrected chi connectivity index (χ1v) is 9.08. The van der Waals surface area contributed by atoms with E-state index in [9.17, 15) is 22.4 Å². The fourth-order valence-corrected chi connectivity index (χ4v) is 2.61. The zero-order valence-electron chi connectivity index (χ0n) is 16.0. The van der Waals surface area contributed by atoms with Crippen LogP contribution in [0, 0.1) is 5.82 Å². The number of primary amides is 1. The molecule has 2 heterocycles. The molecule has 6 nitrogen and oxygen atoms in total. The van der Waals surface area contributed by atoms with Crippen molar-refractivity contribution < 1.29 is 31.8 Å². The van der Waals surface area contributed by atoms with Gasteiger partial charge >= 0.3 is 6.18 Å². The van der Waals surface area contributed by atoms with Crippen LogP contribution in [0.1, 0.15) is 22.6 Å². The molecule has 0 saturated heterocycles. The highest BCUT2D eigenvalue weighted by atomic mass is 19.4. The lowest BCUT2D eigenvalue weighted by atomic mass is 10.0. The summed E-state index contributed by atoms with van der Waals surface area (Å²) in [6.45, 7) is 0.367. The molecular formula is C21H17F4N3O3. The van der Waals surface area contributed by atoms with Crippen molar-refractivity contribution in [2.24, 2.45) is 5.73 Å². The van der Waals surface area contributed by atoms with Crippen molar-refractivity contribution in [1.29, 1.82) is 0 Å². The quantitative estimate of drug-likeness (QED) is 0.422. The van der Waals surface area contributed by atoms with Crippen LogP contribution in [0.4, 0.5) is 17.6 Å². The van der Waals surface area contributed by atoms with Gasteiger partial charge in [0.15, 0.2) is 0 Å². The third kappa shape index (κ3) is 5.91. The van der Waals surface area contributed by atoms with Crippen LogP contribution < -0.4 is 15.2 Å². The number of rotatable bonds is 8. The molecule has 1 aromatic carbocycles. The number of aromatic nitrogens is 2. The molecule has 0 saturated carbocycles. The molecule has 0 spiro atoms. The van der Waals surface area contributed by atoms with Crippen molar-refractivity contribution in [3.8, 4) is 22.6 Å². The van der Waals surface area contributed by atoms with Crippen molar-refractivity contribution in [2.45, 2.75) is 12.6 Å². The van der Waals surface area contributed by atoms with Gasteiger partial charge in [0.1, 0.15) is 28.7 Å². The van der Waals surface area contributed by atoms with Gasteiger partial charge in [0.2, 0.25) is 0 Å². The number of hydrogen-bond acceptors (Lipinski definition) is 5. The number of amides is 1. The Labute approximate surface area is 174 Å². The maximum Gasteiger partial charge on any atom is 0.433 e. The third-order valence-corrected chi connectivity index (χ3v) is 4.12. The molecule has 0 bridgehead atoms. The zero-order valence-corrected chi connectivity index (χ0v) is 16.0. The highest BCUT2D eigenvalue weighted by Crippen LogP contribution is 2.31. The molecule has 31 heavy (non-hydrogen) atoms. The molecule has 3 aromatic rings. The number of alkyl halides is 3. The minimum absolute atomic E-state index is 0.0322. The van der Waals surface area contributed by atoms with Crippen molar-refractivity contribution in [3.63, 3.8) is 0 Å². The Kier molecular flexibility index (Phi) is 6.68. The summed E-state index contributed by atoms with van der Waals surface area (Å²) in [5.74, 6) is -0.570. The number of ether oxygens (including phenoxy) is 2. The van der Waals surface area contributed by atoms with E-state index in [1.807, 2.05) is 0 Å². The second-order valence-electron chi connectivity index (χ2n) is 6.36. The summed E-state index contributed by atoms with van der Waals surface area (Å²) in [5.41, 5.74) is 5.43. The normalized spacial score (nSPS) is 11.2. The van der Waals surface area contributed by atoms with Gasteiger partial charge in [0, 0.05) is 12.0 Å². The van der Waals surface area contributed by atoms with Crippen molar-refractivity contribution in [3.05, 3.63) is 72.1 Å². The fourth-order valence-electron chi connectivity index (χ4n) is 2.61. The molecule has 10 heteroatoms. The smallest absolute Gasteiger partial charge is 0.433 e. The molecular weight excluding hydrogens is 418 g/mol. The van der Waals surface area contributed by atoms with Crippen LogP contribution in [0.2, 0.25) is 0 Å². The molecule has 3 rings (SSSR count). The first-order valence-electron chi connectivity index (χ1n) is 9.08. The molecule has 0 fully saturated rings. The van der Waals surface area contributed by atoms with Crippen LogP contribution in [0.25, 0.3) is 11.1 Å². The van der Waals surface area contributed by atoms with E-state index in [-0.39, 0.29) is 24.7 Å². The van der Waals surface area contributed by atoms with Gasteiger partial charge < -0.3 is 15.2 Å². The molecule has 0 radical (unpaired) electrons. The summed E-state index contributed by atoms with van der Waals surface area (Å²) >= 11 is 0. The molecule has 0 unspecified atom stereocenters. The number of pyridine rings is 2. The van der Waals surface area contributed by atoms with E-state index in [1.54, 1.807) is 0 Å². The standard InChI is InChI=1S/C21H17F4N3O3/c22-14-4-2-13(3-5-14)16-10-17(20(26)29)27-12-18(16)31-9-1-8-30-15-6-7-19(28-11-15)21(23,24)25/h2-7,10-12H,1,8-9H2,(H2,26,29). The average molecular weight is 435 g/mol. The molecule has 2 aromatic heterocycles. The topological polar surface area (TPSA) is 87.3 Å². The predicted molar refractivity (Wildman–Crippen MR) is 103 cm³/mol. The molecule has 0 aliphatic rings. The summed E-state index contributed by atoms with van der Waals surface area (Å²) < 4.78 is 61.8. The van der Waals surface area contributed by atoms with Crippen LogP contribution in [-0.4, -0.2) is 29.1 Å². The van der Waals surface area contributed by atoms with Crippen LogP contribution >= 0.6 is 0 Å². The summed E-state index contributed by atoms with van der Waals surface area (Å²) in [6, 6.07) is 9.09. The molecule has 162 valence electrons. The number of nitrogens with two attached hydrogens (primary N) is 1. The third-order valence-electron chi connectivity index (χ3n) is 4.12. The van der Waals surface area contributed by atoms with Crippen molar-refractivity contribution >= 4 is 5.91 Å². The van der Waals surface area contributed by atoms with Gasteiger partial charge in [-0.05, 0) is 35.9 Å². The lowest BCUT2D eigenvalue weighted by molar-refractivity contribution is -0.141. The second kappa shape index (κ2) is 9.41. The van der Waals surface area contributed by atoms with E-state index in [0.29, 0.717) is 23.3 Å². The second-order valence-corrected chi connectivity index (χ2v) is 6.36. The number of carbonyl (C=O) groups excluding carboxylic acids is 1. The van der Waals surface area contributed by atoms with E-state index >= 15 is 0 Å². The highest BCUT2D eigenvalue weighted by Gasteiger charge is 2.32.